The summed E-state index contributed by atoms with van der Waals surface area (Å²) in [7, 11) is 0. The second-order valence-electron chi connectivity index (χ2n) is 5.70. The van der Waals surface area contributed by atoms with Crippen molar-refractivity contribution in [1.82, 2.24) is 15.6 Å². The number of ether oxygens (including phenoxy) is 1. The van der Waals surface area contributed by atoms with Gasteiger partial charge in [0.2, 0.25) is 0 Å². The Hall–Kier alpha value is -3.19. The van der Waals surface area contributed by atoms with E-state index in [4.69, 9.17) is 16.3 Å². The van der Waals surface area contributed by atoms with Gasteiger partial charge in [0.1, 0.15) is 11.6 Å². The highest BCUT2D eigenvalue weighted by molar-refractivity contribution is 6.30. The Labute approximate surface area is 160 Å². The summed E-state index contributed by atoms with van der Waals surface area (Å²) in [5.74, 6) is -0.158. The predicted octanol–water partition coefficient (Wildman–Crippen LogP) is 3.71. The Morgan fingerprint density at radius 3 is 2.85 bits per heavy atom. The van der Waals surface area contributed by atoms with Crippen LogP contribution in [-0.2, 0) is 4.79 Å². The van der Waals surface area contributed by atoms with Crippen molar-refractivity contribution in [3.63, 3.8) is 0 Å². The van der Waals surface area contributed by atoms with Crippen molar-refractivity contribution in [3.05, 3.63) is 70.8 Å². The number of aromatic amines is 1. The van der Waals surface area contributed by atoms with Crippen molar-refractivity contribution in [3.8, 4) is 16.9 Å². The molecule has 1 heterocycles. The largest absolute Gasteiger partial charge is 0.483 e. The van der Waals surface area contributed by atoms with E-state index in [1.54, 1.807) is 36.5 Å². The first-order valence-corrected chi connectivity index (χ1v) is 8.41. The van der Waals surface area contributed by atoms with E-state index in [1.165, 1.54) is 18.3 Å². The van der Waals surface area contributed by atoms with Gasteiger partial charge in [0.05, 0.1) is 18.1 Å². The molecule has 6 nitrogen and oxygen atoms in total. The summed E-state index contributed by atoms with van der Waals surface area (Å²) in [6, 6.07) is 11.1. The molecule has 0 fully saturated rings. The smallest absolute Gasteiger partial charge is 0.277 e. The number of rotatable bonds is 6. The van der Waals surface area contributed by atoms with Gasteiger partial charge in [0.25, 0.3) is 5.91 Å². The topological polar surface area (TPSA) is 79.4 Å². The van der Waals surface area contributed by atoms with Gasteiger partial charge >= 0.3 is 0 Å². The van der Waals surface area contributed by atoms with Crippen LogP contribution < -0.4 is 10.2 Å². The van der Waals surface area contributed by atoms with Gasteiger partial charge in [-0.05, 0) is 48.4 Å². The Morgan fingerprint density at radius 1 is 1.33 bits per heavy atom. The summed E-state index contributed by atoms with van der Waals surface area (Å²) in [6.45, 7) is 1.65. The quantitative estimate of drug-likeness (QED) is 0.500. The third-order valence-electron chi connectivity index (χ3n) is 3.70. The number of hydrogen-bond acceptors (Lipinski definition) is 4. The highest BCUT2D eigenvalue weighted by atomic mass is 35.5. The molecule has 0 radical (unpaired) electrons. The maximum Gasteiger partial charge on any atom is 0.277 e. The van der Waals surface area contributed by atoms with Gasteiger partial charge in [-0.3, -0.25) is 9.89 Å². The number of carbonyl (C=O) groups excluding carboxylic acids is 1. The van der Waals surface area contributed by atoms with Gasteiger partial charge in [-0.15, -0.1) is 0 Å². The lowest BCUT2D eigenvalue weighted by molar-refractivity contribution is -0.123. The number of nitrogens with zero attached hydrogens (tertiary/aromatic N) is 2. The van der Waals surface area contributed by atoms with Crippen LogP contribution in [0.2, 0.25) is 5.02 Å². The Kier molecular flexibility index (Phi) is 5.83. The molecule has 0 saturated carbocycles. The first-order chi connectivity index (χ1) is 13.0. The minimum absolute atomic E-state index is 0.187. The van der Waals surface area contributed by atoms with Crippen LogP contribution >= 0.6 is 11.6 Å². The summed E-state index contributed by atoms with van der Waals surface area (Å²) in [5, 5.41) is 11.2. The SMILES string of the molecule is Cc1cc(Cl)ccc1OCC(=O)N/N=C/c1[nH]ncc1-c1ccc(F)cc1. The van der Waals surface area contributed by atoms with Crippen molar-refractivity contribution >= 4 is 23.7 Å². The second-order valence-corrected chi connectivity index (χ2v) is 6.13. The molecule has 0 spiro atoms. The Balaban J connectivity index is 1.57. The number of halogens is 2. The molecule has 0 aliphatic heterocycles. The summed E-state index contributed by atoms with van der Waals surface area (Å²) in [5.41, 5.74) is 5.31. The van der Waals surface area contributed by atoms with Crippen LogP contribution in [0.25, 0.3) is 11.1 Å². The van der Waals surface area contributed by atoms with E-state index < -0.39 is 5.91 Å². The number of amides is 1. The Bertz CT molecular complexity index is 970. The molecule has 0 unspecified atom stereocenters. The van der Waals surface area contributed by atoms with Crippen molar-refractivity contribution in [2.75, 3.05) is 6.61 Å². The number of benzene rings is 2. The fraction of sp³-hybridized carbons (Fsp3) is 0.105. The van der Waals surface area contributed by atoms with E-state index in [0.717, 1.165) is 16.7 Å². The van der Waals surface area contributed by atoms with E-state index in [-0.39, 0.29) is 12.4 Å². The molecule has 0 saturated heterocycles. The molecule has 8 heteroatoms. The first kappa shape index (κ1) is 18.6. The van der Waals surface area contributed by atoms with Crippen molar-refractivity contribution in [2.24, 2.45) is 5.10 Å². The van der Waals surface area contributed by atoms with Gasteiger partial charge in [0, 0.05) is 10.6 Å². The van der Waals surface area contributed by atoms with Gasteiger partial charge in [-0.1, -0.05) is 23.7 Å². The molecule has 1 aromatic heterocycles. The zero-order valence-electron chi connectivity index (χ0n) is 14.4. The van der Waals surface area contributed by atoms with Crippen LogP contribution in [-0.4, -0.2) is 28.9 Å². The zero-order chi connectivity index (χ0) is 19.2. The summed E-state index contributed by atoms with van der Waals surface area (Å²) < 4.78 is 18.5. The molecule has 3 aromatic rings. The summed E-state index contributed by atoms with van der Waals surface area (Å²) >= 11 is 5.88. The molecule has 1 amide bonds. The standard InChI is InChI=1S/C19H16ClFN4O2/c1-12-8-14(20)4-7-18(12)27-11-19(26)25-23-10-17-16(9-22-24-17)13-2-5-15(21)6-3-13/h2-10H,11H2,1H3,(H,22,24)(H,25,26)/b23-10+. The molecule has 2 aromatic carbocycles. The average molecular weight is 387 g/mol. The highest BCUT2D eigenvalue weighted by Crippen LogP contribution is 2.22. The number of carbonyl (C=O) groups is 1. The van der Waals surface area contributed by atoms with Crippen molar-refractivity contribution < 1.29 is 13.9 Å². The number of aryl methyl sites for hydroxylation is 1. The average Bonchev–Trinajstić information content (AvgIpc) is 3.10. The number of hydrazone groups is 1. The monoisotopic (exact) mass is 386 g/mol. The number of aromatic nitrogens is 2. The molecule has 138 valence electrons. The third kappa shape index (κ3) is 4.92. The lowest BCUT2D eigenvalue weighted by atomic mass is 10.1. The van der Waals surface area contributed by atoms with E-state index in [9.17, 15) is 9.18 Å². The Morgan fingerprint density at radius 2 is 2.11 bits per heavy atom. The van der Waals surface area contributed by atoms with E-state index >= 15 is 0 Å². The molecular formula is C19H16ClFN4O2. The lowest BCUT2D eigenvalue weighted by Gasteiger charge is -2.08. The van der Waals surface area contributed by atoms with Gasteiger partial charge in [-0.2, -0.15) is 10.2 Å². The highest BCUT2D eigenvalue weighted by Gasteiger charge is 2.07. The molecule has 3 rings (SSSR count). The third-order valence-corrected chi connectivity index (χ3v) is 3.94. The van der Waals surface area contributed by atoms with E-state index in [0.29, 0.717) is 16.5 Å². The molecule has 0 atom stereocenters. The van der Waals surface area contributed by atoms with Crippen molar-refractivity contribution in [1.29, 1.82) is 0 Å². The molecule has 2 N–H and O–H groups in total. The minimum atomic E-state index is -0.413. The van der Waals surface area contributed by atoms with Crippen LogP contribution in [0.15, 0.2) is 53.8 Å². The van der Waals surface area contributed by atoms with Gasteiger partial charge in [0.15, 0.2) is 6.61 Å². The summed E-state index contributed by atoms with van der Waals surface area (Å²) in [4.78, 5) is 11.9. The molecular weight excluding hydrogens is 371 g/mol. The number of nitrogens with one attached hydrogen (secondary N) is 2. The molecule has 27 heavy (non-hydrogen) atoms. The van der Waals surface area contributed by atoms with Crippen molar-refractivity contribution in [2.45, 2.75) is 6.92 Å². The summed E-state index contributed by atoms with van der Waals surface area (Å²) in [6.07, 6.45) is 3.03. The molecule has 0 bridgehead atoms. The van der Waals surface area contributed by atoms with Crippen LogP contribution in [0.4, 0.5) is 4.39 Å². The molecule has 0 aliphatic carbocycles. The van der Waals surface area contributed by atoms with E-state index in [1.807, 2.05) is 6.92 Å². The van der Waals surface area contributed by atoms with Gasteiger partial charge < -0.3 is 4.74 Å². The van der Waals surface area contributed by atoms with Crippen LogP contribution in [0, 0.1) is 12.7 Å². The fourth-order valence-corrected chi connectivity index (χ4v) is 2.60. The minimum Gasteiger partial charge on any atom is -0.483 e. The maximum atomic E-state index is 13.0. The van der Waals surface area contributed by atoms with Crippen LogP contribution in [0.3, 0.4) is 0 Å². The first-order valence-electron chi connectivity index (χ1n) is 8.03. The van der Waals surface area contributed by atoms with Crippen LogP contribution in [0.5, 0.6) is 5.75 Å². The zero-order valence-corrected chi connectivity index (χ0v) is 15.1. The van der Waals surface area contributed by atoms with Gasteiger partial charge in [-0.25, -0.2) is 9.82 Å². The fourth-order valence-electron chi connectivity index (χ4n) is 2.37. The number of hydrogen-bond donors (Lipinski definition) is 2. The number of H-pyrrole nitrogens is 1. The van der Waals surface area contributed by atoms with Crippen LogP contribution in [0.1, 0.15) is 11.3 Å². The molecule has 0 aliphatic rings. The lowest BCUT2D eigenvalue weighted by Crippen LogP contribution is -2.24. The predicted molar refractivity (Wildman–Crippen MR) is 101 cm³/mol. The van der Waals surface area contributed by atoms with E-state index in [2.05, 4.69) is 20.7 Å². The second kappa shape index (κ2) is 8.46. The maximum absolute atomic E-state index is 13.0. The normalized spacial score (nSPS) is 10.9.